The largest absolute Gasteiger partial charge is 0.468 e. The molecule has 4 rings (SSSR count). The highest BCUT2D eigenvalue weighted by Crippen LogP contribution is 2.33. The van der Waals surface area contributed by atoms with Crippen LogP contribution in [0.15, 0.2) is 36.7 Å². The number of ether oxygens (including phenoxy) is 1. The summed E-state index contributed by atoms with van der Waals surface area (Å²) < 4.78 is 48.6. The van der Waals surface area contributed by atoms with Gasteiger partial charge in [-0.3, -0.25) is 4.68 Å². The van der Waals surface area contributed by atoms with Gasteiger partial charge < -0.3 is 9.30 Å². The van der Waals surface area contributed by atoms with Crippen molar-refractivity contribution in [3.8, 4) is 17.3 Å². The first-order valence-corrected chi connectivity index (χ1v) is 10.2. The van der Waals surface area contributed by atoms with Crippen molar-refractivity contribution < 1.29 is 17.9 Å². The fourth-order valence-corrected chi connectivity index (χ4v) is 3.50. The van der Waals surface area contributed by atoms with E-state index in [0.717, 1.165) is 11.8 Å². The molecular weight excluding hydrogens is 445 g/mol. The third-order valence-electron chi connectivity index (χ3n) is 4.92. The molecule has 0 N–H and O–H groups in total. The molecule has 0 aliphatic rings. The van der Waals surface area contributed by atoms with Gasteiger partial charge in [0.15, 0.2) is 11.2 Å². The summed E-state index contributed by atoms with van der Waals surface area (Å²) in [4.78, 5) is 12.1. The third-order valence-corrected chi connectivity index (χ3v) is 5.09. The fraction of sp³-hybridized carbons (Fsp3) is 0.333. The third kappa shape index (κ3) is 4.27. The quantitative estimate of drug-likeness (QED) is 0.358. The maximum absolute atomic E-state index is 13.2. The molecular formula is C21H20ClF3N6O. The van der Waals surface area contributed by atoms with Crippen LogP contribution in [-0.2, 0) is 13.2 Å². The molecule has 0 saturated heterocycles. The Hall–Kier alpha value is -3.14. The monoisotopic (exact) mass is 464 g/mol. The normalized spacial score (nSPS) is 13.2. The molecule has 3 aromatic heterocycles. The summed E-state index contributed by atoms with van der Waals surface area (Å²) in [7, 11) is 1.76. The highest BCUT2D eigenvalue weighted by atomic mass is 35.5. The van der Waals surface area contributed by atoms with Crippen LogP contribution in [0.1, 0.15) is 44.2 Å². The Balaban J connectivity index is 1.62. The summed E-state index contributed by atoms with van der Waals surface area (Å²) in [5.41, 5.74) is 1.50. The SMILES string of the molecule is CC(Oc1nc(Cl)nc2cn(C)nc12)c1ccc(-c2nc(C(F)(F)F)cn2C(C)C)cc1. The molecule has 1 aromatic carbocycles. The van der Waals surface area contributed by atoms with Crippen molar-refractivity contribution >= 4 is 22.6 Å². The summed E-state index contributed by atoms with van der Waals surface area (Å²) in [6.07, 6.45) is -2.18. The molecule has 0 saturated carbocycles. The fourth-order valence-electron chi connectivity index (χ4n) is 3.33. The predicted octanol–water partition coefficient (Wildman–Crippen LogP) is 5.62. The van der Waals surface area contributed by atoms with Crippen LogP contribution in [0.2, 0.25) is 5.28 Å². The second kappa shape index (κ2) is 8.09. The first kappa shape index (κ1) is 22.1. The maximum atomic E-state index is 13.2. The molecule has 4 aromatic rings. The van der Waals surface area contributed by atoms with E-state index < -0.39 is 18.0 Å². The molecule has 0 bridgehead atoms. The van der Waals surface area contributed by atoms with E-state index >= 15 is 0 Å². The lowest BCUT2D eigenvalue weighted by Crippen LogP contribution is -2.06. The van der Waals surface area contributed by atoms with Crippen molar-refractivity contribution in [1.82, 2.24) is 29.3 Å². The number of nitrogens with zero attached hydrogens (tertiary/aromatic N) is 6. The van der Waals surface area contributed by atoms with Crippen LogP contribution >= 0.6 is 11.6 Å². The van der Waals surface area contributed by atoms with E-state index in [9.17, 15) is 13.2 Å². The number of aryl methyl sites for hydroxylation is 1. The predicted molar refractivity (Wildman–Crippen MR) is 113 cm³/mol. The van der Waals surface area contributed by atoms with Crippen molar-refractivity contribution in [3.63, 3.8) is 0 Å². The first-order chi connectivity index (χ1) is 15.0. The number of hydrogen-bond acceptors (Lipinski definition) is 5. The molecule has 7 nitrogen and oxygen atoms in total. The minimum absolute atomic E-state index is 0.0454. The number of aromatic nitrogens is 6. The standard InChI is InChI=1S/C21H20ClF3N6O/c1-11(2)31-10-16(21(23,24)25)27-18(31)14-7-5-13(6-8-14)12(3)32-19-17-15(9-30(4)29-17)26-20(22)28-19/h5-12H,1-4H3. The van der Waals surface area contributed by atoms with Gasteiger partial charge in [-0.2, -0.15) is 23.3 Å². The van der Waals surface area contributed by atoms with Crippen molar-refractivity contribution in [2.45, 2.75) is 39.1 Å². The van der Waals surface area contributed by atoms with Gasteiger partial charge in [0.1, 0.15) is 17.4 Å². The zero-order valence-corrected chi connectivity index (χ0v) is 18.5. The second-order valence-electron chi connectivity index (χ2n) is 7.67. The summed E-state index contributed by atoms with van der Waals surface area (Å²) in [6, 6.07) is 6.83. The van der Waals surface area contributed by atoms with Gasteiger partial charge in [0.25, 0.3) is 0 Å². The lowest BCUT2D eigenvalue weighted by molar-refractivity contribution is -0.140. The van der Waals surface area contributed by atoms with Gasteiger partial charge in [0.2, 0.25) is 11.2 Å². The van der Waals surface area contributed by atoms with E-state index in [1.54, 1.807) is 56.0 Å². The lowest BCUT2D eigenvalue weighted by atomic mass is 10.1. The van der Waals surface area contributed by atoms with Gasteiger partial charge in [-0.15, -0.1) is 0 Å². The van der Waals surface area contributed by atoms with Crippen LogP contribution in [0.25, 0.3) is 22.4 Å². The van der Waals surface area contributed by atoms with Crippen LogP contribution in [-0.4, -0.2) is 29.3 Å². The molecule has 1 unspecified atom stereocenters. The molecule has 0 amide bonds. The minimum Gasteiger partial charge on any atom is -0.468 e. The van der Waals surface area contributed by atoms with E-state index in [1.165, 1.54) is 4.57 Å². The molecule has 0 spiro atoms. The van der Waals surface area contributed by atoms with Gasteiger partial charge in [-0.1, -0.05) is 24.3 Å². The average molecular weight is 465 g/mol. The molecule has 1 atom stereocenters. The van der Waals surface area contributed by atoms with E-state index in [0.29, 0.717) is 16.6 Å². The zero-order chi connectivity index (χ0) is 23.2. The lowest BCUT2D eigenvalue weighted by Gasteiger charge is -2.16. The Morgan fingerprint density at radius 3 is 2.31 bits per heavy atom. The summed E-state index contributed by atoms with van der Waals surface area (Å²) >= 11 is 6.00. The number of hydrogen-bond donors (Lipinski definition) is 0. The topological polar surface area (TPSA) is 70.7 Å². The zero-order valence-electron chi connectivity index (χ0n) is 17.7. The number of rotatable bonds is 5. The Morgan fingerprint density at radius 2 is 1.69 bits per heavy atom. The van der Waals surface area contributed by atoms with Crippen molar-refractivity contribution in [2.24, 2.45) is 7.05 Å². The van der Waals surface area contributed by atoms with E-state index in [1.807, 2.05) is 6.92 Å². The van der Waals surface area contributed by atoms with Crippen LogP contribution in [0, 0.1) is 0 Å². The van der Waals surface area contributed by atoms with Crippen LogP contribution in [0.5, 0.6) is 5.88 Å². The van der Waals surface area contributed by atoms with Crippen LogP contribution in [0.3, 0.4) is 0 Å². The number of halogens is 4. The first-order valence-electron chi connectivity index (χ1n) is 9.83. The molecule has 168 valence electrons. The van der Waals surface area contributed by atoms with Crippen molar-refractivity contribution in [3.05, 3.63) is 53.2 Å². The van der Waals surface area contributed by atoms with Gasteiger partial charge in [0, 0.05) is 24.8 Å². The Kier molecular flexibility index (Phi) is 5.58. The highest BCUT2D eigenvalue weighted by molar-refractivity contribution is 6.28. The molecule has 0 fully saturated rings. The van der Waals surface area contributed by atoms with Crippen LogP contribution < -0.4 is 4.74 Å². The molecule has 11 heteroatoms. The summed E-state index contributed by atoms with van der Waals surface area (Å²) in [5.74, 6) is 0.507. The van der Waals surface area contributed by atoms with E-state index in [2.05, 4.69) is 20.1 Å². The van der Waals surface area contributed by atoms with Crippen molar-refractivity contribution in [1.29, 1.82) is 0 Å². The average Bonchev–Trinajstić information content (AvgIpc) is 3.31. The van der Waals surface area contributed by atoms with Gasteiger partial charge in [0.05, 0.1) is 6.20 Å². The number of imidazole rings is 1. The molecule has 0 aliphatic carbocycles. The molecule has 3 heterocycles. The summed E-state index contributed by atoms with van der Waals surface area (Å²) in [5, 5.41) is 4.35. The second-order valence-corrected chi connectivity index (χ2v) is 8.00. The van der Waals surface area contributed by atoms with E-state index in [-0.39, 0.29) is 23.0 Å². The summed E-state index contributed by atoms with van der Waals surface area (Å²) in [6.45, 7) is 5.44. The maximum Gasteiger partial charge on any atom is 0.434 e. The highest BCUT2D eigenvalue weighted by Gasteiger charge is 2.35. The molecule has 0 radical (unpaired) electrons. The minimum atomic E-state index is -4.51. The Labute approximate surface area is 186 Å². The molecule has 32 heavy (non-hydrogen) atoms. The van der Waals surface area contributed by atoms with Crippen molar-refractivity contribution in [2.75, 3.05) is 0 Å². The van der Waals surface area contributed by atoms with E-state index in [4.69, 9.17) is 16.3 Å². The molecule has 0 aliphatic heterocycles. The number of alkyl halides is 3. The number of fused-ring (bicyclic) bond motifs is 1. The van der Waals surface area contributed by atoms with Crippen LogP contribution in [0.4, 0.5) is 13.2 Å². The smallest absolute Gasteiger partial charge is 0.434 e. The number of benzene rings is 1. The Morgan fingerprint density at radius 1 is 1.00 bits per heavy atom. The Bertz CT molecular complexity index is 1260. The van der Waals surface area contributed by atoms with Gasteiger partial charge in [-0.05, 0) is 37.9 Å². The van der Waals surface area contributed by atoms with Gasteiger partial charge >= 0.3 is 6.18 Å². The van der Waals surface area contributed by atoms with Gasteiger partial charge in [-0.25, -0.2) is 9.97 Å².